The Morgan fingerprint density at radius 1 is 1.11 bits per heavy atom. The molecule has 2 aromatic rings. The Balaban J connectivity index is 1.27. The molecule has 3 heterocycles. The highest BCUT2D eigenvalue weighted by atomic mass is 32.2. The van der Waals surface area contributed by atoms with Gasteiger partial charge in [0.2, 0.25) is 17.7 Å². The average Bonchev–Trinajstić information content (AvgIpc) is 3.49. The lowest BCUT2D eigenvalue weighted by atomic mass is 9.69. The number of rotatable bonds is 13. The first-order valence-corrected chi connectivity index (χ1v) is 15.8. The fraction of sp³-hybridized carbons (Fsp3) is 0.452. The number of carbonyl (C=O) groups is 5. The minimum Gasteiger partial charge on any atom is -0.384 e. The first kappa shape index (κ1) is 31.6. The van der Waals surface area contributed by atoms with Gasteiger partial charge in [-0.05, 0) is 55.6 Å². The Morgan fingerprint density at radius 2 is 1.89 bits per heavy atom. The Bertz CT molecular complexity index is 1460. The van der Waals surface area contributed by atoms with Gasteiger partial charge in [0, 0.05) is 37.2 Å². The molecule has 2 saturated heterocycles. The lowest BCUT2D eigenvalue weighted by Gasteiger charge is -2.34. The third kappa shape index (κ3) is 6.21. The van der Waals surface area contributed by atoms with Gasteiger partial charge in [-0.3, -0.25) is 34.2 Å². The van der Waals surface area contributed by atoms with Gasteiger partial charge in [-0.2, -0.15) is 0 Å². The Labute approximate surface area is 259 Å². The van der Waals surface area contributed by atoms with Crippen LogP contribution in [0.3, 0.4) is 0 Å². The second-order valence-corrected chi connectivity index (χ2v) is 12.4. The smallest absolute Gasteiger partial charge is 0.264 e. The number of fused-ring (bicyclic) bond motifs is 1. The first-order valence-electron chi connectivity index (χ1n) is 14.9. The molecule has 0 bridgehead atoms. The lowest BCUT2D eigenvalue weighted by molar-refractivity contribution is -0.136. The maximum Gasteiger partial charge on any atom is 0.264 e. The van der Waals surface area contributed by atoms with E-state index in [1.807, 2.05) is 6.92 Å². The van der Waals surface area contributed by atoms with Crippen LogP contribution < -0.4 is 21.7 Å². The predicted molar refractivity (Wildman–Crippen MR) is 164 cm³/mol. The van der Waals surface area contributed by atoms with Crippen LogP contribution in [-0.4, -0.2) is 76.8 Å². The van der Waals surface area contributed by atoms with Crippen molar-refractivity contribution in [2.45, 2.75) is 50.5 Å². The van der Waals surface area contributed by atoms with Gasteiger partial charge in [-0.15, -0.1) is 0 Å². The zero-order valence-corrected chi connectivity index (χ0v) is 25.4. The number of benzene rings is 2. The van der Waals surface area contributed by atoms with E-state index in [9.17, 15) is 28.4 Å². The molecule has 0 spiro atoms. The van der Waals surface area contributed by atoms with Crippen molar-refractivity contribution in [1.82, 2.24) is 19.8 Å². The quantitative estimate of drug-likeness (QED) is 0.114. The van der Waals surface area contributed by atoms with Gasteiger partial charge in [-0.1, -0.05) is 43.5 Å². The number of hydrogen-bond acceptors (Lipinski definition) is 9. The second-order valence-electron chi connectivity index (χ2n) is 11.4. The molecule has 0 aliphatic carbocycles. The molecule has 13 heteroatoms. The summed E-state index contributed by atoms with van der Waals surface area (Å²) in [6.07, 6.45) is 2.18. The van der Waals surface area contributed by atoms with Crippen LogP contribution >= 0.6 is 11.9 Å². The molecule has 2 aromatic carbocycles. The molecule has 234 valence electrons. The number of anilines is 1. The van der Waals surface area contributed by atoms with E-state index in [1.165, 1.54) is 12.1 Å². The van der Waals surface area contributed by atoms with Crippen molar-refractivity contribution in [2.75, 3.05) is 37.4 Å². The van der Waals surface area contributed by atoms with Crippen LogP contribution in [0, 0.1) is 11.7 Å². The van der Waals surface area contributed by atoms with E-state index in [0.717, 1.165) is 17.0 Å². The Kier molecular flexibility index (Phi) is 9.66. The summed E-state index contributed by atoms with van der Waals surface area (Å²) in [5.41, 5.74) is 7.14. The fourth-order valence-corrected chi connectivity index (χ4v) is 7.54. The molecule has 5 amide bonds. The van der Waals surface area contributed by atoms with Gasteiger partial charge in [0.1, 0.15) is 11.9 Å². The predicted octanol–water partition coefficient (Wildman–Crippen LogP) is 2.38. The highest BCUT2D eigenvalue weighted by Crippen LogP contribution is 2.45. The van der Waals surface area contributed by atoms with Crippen molar-refractivity contribution in [1.29, 1.82) is 0 Å². The molecule has 5 N–H and O–H groups in total. The van der Waals surface area contributed by atoms with Crippen molar-refractivity contribution in [3.63, 3.8) is 0 Å². The van der Waals surface area contributed by atoms with Crippen LogP contribution in [0.5, 0.6) is 0 Å². The topological polar surface area (TPSA) is 154 Å². The van der Waals surface area contributed by atoms with E-state index in [2.05, 4.69) is 20.3 Å². The molecule has 0 aromatic heterocycles. The van der Waals surface area contributed by atoms with Gasteiger partial charge >= 0.3 is 0 Å². The molecule has 3 aliphatic rings. The molecule has 0 radical (unpaired) electrons. The van der Waals surface area contributed by atoms with Crippen molar-refractivity contribution >= 4 is 47.2 Å². The van der Waals surface area contributed by atoms with Crippen molar-refractivity contribution in [2.24, 2.45) is 11.7 Å². The number of nitrogens with zero attached hydrogens (tertiary/aromatic N) is 2. The molecule has 5 rings (SSSR count). The maximum absolute atomic E-state index is 13.9. The van der Waals surface area contributed by atoms with E-state index in [1.54, 1.807) is 42.3 Å². The number of nitrogens with two attached hydrogens (primary N) is 1. The van der Waals surface area contributed by atoms with Crippen LogP contribution in [0.2, 0.25) is 0 Å². The molecular formula is C31H37FN6O5S. The van der Waals surface area contributed by atoms with Crippen molar-refractivity contribution in [3.05, 3.63) is 65.0 Å². The minimum atomic E-state index is -1.03. The van der Waals surface area contributed by atoms with Crippen LogP contribution in [0.4, 0.5) is 10.1 Å². The highest BCUT2D eigenvalue weighted by molar-refractivity contribution is 7.96. The average molecular weight is 625 g/mol. The SMILES string of the molecule is CCNCSN1CC(C(N)=O)C(CCCCNc2cccc3c2C(=O)N(C2CCC(=O)NC2=O)C3=O)(c2ccc(F)cc2)C1. The summed E-state index contributed by atoms with van der Waals surface area (Å²) in [4.78, 5) is 64.2. The van der Waals surface area contributed by atoms with E-state index in [4.69, 9.17) is 5.73 Å². The molecule has 3 aliphatic heterocycles. The van der Waals surface area contributed by atoms with Crippen LogP contribution in [-0.2, 0) is 19.8 Å². The van der Waals surface area contributed by atoms with Gasteiger partial charge in [0.15, 0.2) is 0 Å². The number of piperidine rings is 1. The van der Waals surface area contributed by atoms with E-state index in [-0.39, 0.29) is 35.7 Å². The van der Waals surface area contributed by atoms with Crippen LogP contribution in [0.25, 0.3) is 0 Å². The largest absolute Gasteiger partial charge is 0.384 e. The second kappa shape index (κ2) is 13.4. The van der Waals surface area contributed by atoms with Gasteiger partial charge < -0.3 is 16.4 Å². The third-order valence-electron chi connectivity index (χ3n) is 8.71. The molecular weight excluding hydrogens is 587 g/mol. The van der Waals surface area contributed by atoms with Crippen LogP contribution in [0.15, 0.2) is 42.5 Å². The number of primary amides is 1. The number of halogens is 1. The van der Waals surface area contributed by atoms with Crippen molar-refractivity contribution < 1.29 is 28.4 Å². The first-order chi connectivity index (χ1) is 21.2. The molecule has 3 unspecified atom stereocenters. The monoisotopic (exact) mass is 624 g/mol. The van der Waals surface area contributed by atoms with E-state index < -0.39 is 41.0 Å². The highest BCUT2D eigenvalue weighted by Gasteiger charge is 2.50. The zero-order chi connectivity index (χ0) is 31.4. The molecule has 2 fully saturated rings. The van der Waals surface area contributed by atoms with E-state index >= 15 is 0 Å². The Morgan fingerprint density at radius 3 is 2.59 bits per heavy atom. The molecule has 0 saturated carbocycles. The van der Waals surface area contributed by atoms with Gasteiger partial charge in [0.05, 0.1) is 22.9 Å². The zero-order valence-electron chi connectivity index (χ0n) is 24.6. The fourth-order valence-electron chi connectivity index (χ4n) is 6.49. The Hall–Kier alpha value is -3.81. The van der Waals surface area contributed by atoms with Gasteiger partial charge in [0.25, 0.3) is 11.8 Å². The number of amides is 5. The number of hydrogen-bond donors (Lipinski definition) is 4. The summed E-state index contributed by atoms with van der Waals surface area (Å²) in [6.45, 7) is 4.43. The molecule has 3 atom stereocenters. The maximum atomic E-state index is 13.9. The summed E-state index contributed by atoms with van der Waals surface area (Å²) in [7, 11) is 0. The standard InChI is InChI=1S/C31H37FN6O5S/c1-2-34-18-44-37-16-22(27(33)40)31(17-37,19-8-10-20(32)11-9-19)14-3-4-15-35-23-7-5-6-21-26(23)30(43)38(29(21)42)24-12-13-25(39)36-28(24)41/h5-11,22,24,34-35H,2-4,12-18H2,1H3,(H2,33,40)(H,36,39,41). The minimum absolute atomic E-state index is 0.0526. The summed E-state index contributed by atoms with van der Waals surface area (Å²) in [5, 5.41) is 8.77. The number of nitrogens with one attached hydrogen (secondary N) is 3. The summed E-state index contributed by atoms with van der Waals surface area (Å²) in [6, 6.07) is 10.2. The van der Waals surface area contributed by atoms with Gasteiger partial charge in [-0.25, -0.2) is 8.70 Å². The summed E-state index contributed by atoms with van der Waals surface area (Å²) in [5.74, 6) is -2.68. The normalized spacial score (nSPS) is 23.6. The molecule has 11 nitrogen and oxygen atoms in total. The third-order valence-corrected chi connectivity index (χ3v) is 9.68. The molecule has 44 heavy (non-hydrogen) atoms. The summed E-state index contributed by atoms with van der Waals surface area (Å²) >= 11 is 1.62. The number of unbranched alkanes of at least 4 members (excludes halogenated alkanes) is 1. The lowest BCUT2D eigenvalue weighted by Crippen LogP contribution is -2.54. The van der Waals surface area contributed by atoms with Crippen molar-refractivity contribution in [3.8, 4) is 0 Å². The summed E-state index contributed by atoms with van der Waals surface area (Å²) < 4.78 is 16.0. The number of carbonyl (C=O) groups excluding carboxylic acids is 5. The number of imide groups is 2. The van der Waals surface area contributed by atoms with E-state index in [0.29, 0.717) is 50.5 Å². The van der Waals surface area contributed by atoms with Crippen LogP contribution in [0.1, 0.15) is 65.3 Å².